The zero-order valence-electron chi connectivity index (χ0n) is 10.3. The number of aliphatic hydroxyl groups is 1. The SMILES string of the molecule is CC(C)n1nccc1C(=O)NCC1(O)CCC1. The number of amides is 1. The Morgan fingerprint density at radius 1 is 1.65 bits per heavy atom. The van der Waals surface area contributed by atoms with Crippen molar-refractivity contribution in [3.63, 3.8) is 0 Å². The van der Waals surface area contributed by atoms with E-state index in [4.69, 9.17) is 0 Å². The Hall–Kier alpha value is -1.36. The number of carbonyl (C=O) groups is 1. The number of hydrogen-bond acceptors (Lipinski definition) is 3. The number of aromatic nitrogens is 2. The molecule has 0 spiro atoms. The van der Waals surface area contributed by atoms with Gasteiger partial charge in [0.05, 0.1) is 5.60 Å². The highest BCUT2D eigenvalue weighted by Crippen LogP contribution is 2.30. The lowest BCUT2D eigenvalue weighted by atomic mass is 9.80. The first-order chi connectivity index (χ1) is 8.02. The van der Waals surface area contributed by atoms with Gasteiger partial charge in [0.15, 0.2) is 0 Å². The van der Waals surface area contributed by atoms with Crippen LogP contribution in [0.5, 0.6) is 0 Å². The second-order valence-electron chi connectivity index (χ2n) is 5.02. The van der Waals surface area contributed by atoms with Crippen LogP contribution in [0.15, 0.2) is 12.3 Å². The average molecular weight is 237 g/mol. The highest BCUT2D eigenvalue weighted by Gasteiger charge is 2.34. The lowest BCUT2D eigenvalue weighted by Crippen LogP contribution is -2.48. The summed E-state index contributed by atoms with van der Waals surface area (Å²) in [6.07, 6.45) is 4.21. The van der Waals surface area contributed by atoms with Crippen molar-refractivity contribution < 1.29 is 9.90 Å². The highest BCUT2D eigenvalue weighted by molar-refractivity contribution is 5.92. The molecule has 0 aliphatic heterocycles. The molecule has 1 aromatic heterocycles. The van der Waals surface area contributed by atoms with Gasteiger partial charge < -0.3 is 10.4 Å². The molecule has 5 nitrogen and oxygen atoms in total. The van der Waals surface area contributed by atoms with E-state index in [9.17, 15) is 9.90 Å². The van der Waals surface area contributed by atoms with E-state index in [1.807, 2.05) is 13.8 Å². The molecule has 1 saturated carbocycles. The minimum absolute atomic E-state index is 0.150. The topological polar surface area (TPSA) is 67.2 Å². The Kier molecular flexibility index (Phi) is 3.19. The predicted octanol–water partition coefficient (Wildman–Crippen LogP) is 1.11. The minimum atomic E-state index is -0.682. The van der Waals surface area contributed by atoms with Gasteiger partial charge in [-0.2, -0.15) is 5.10 Å². The summed E-state index contributed by atoms with van der Waals surface area (Å²) in [7, 11) is 0. The summed E-state index contributed by atoms with van der Waals surface area (Å²) in [4.78, 5) is 11.9. The fourth-order valence-electron chi connectivity index (χ4n) is 2.00. The van der Waals surface area contributed by atoms with Gasteiger partial charge in [0.1, 0.15) is 5.69 Å². The zero-order chi connectivity index (χ0) is 12.5. The third-order valence-electron chi connectivity index (χ3n) is 3.25. The van der Waals surface area contributed by atoms with Crippen LogP contribution < -0.4 is 5.32 Å². The Morgan fingerprint density at radius 3 is 2.88 bits per heavy atom. The third kappa shape index (κ3) is 2.49. The summed E-state index contributed by atoms with van der Waals surface area (Å²) in [5.41, 5.74) is -0.138. The van der Waals surface area contributed by atoms with E-state index in [2.05, 4.69) is 10.4 Å². The van der Waals surface area contributed by atoms with Gasteiger partial charge in [0, 0.05) is 18.8 Å². The fourth-order valence-corrected chi connectivity index (χ4v) is 2.00. The van der Waals surface area contributed by atoms with Crippen LogP contribution in [0.3, 0.4) is 0 Å². The number of hydrogen-bond donors (Lipinski definition) is 2. The molecule has 0 saturated heterocycles. The van der Waals surface area contributed by atoms with Crippen molar-refractivity contribution in [2.75, 3.05) is 6.54 Å². The molecule has 1 heterocycles. The second-order valence-corrected chi connectivity index (χ2v) is 5.02. The molecule has 1 aromatic rings. The molecule has 1 aliphatic carbocycles. The van der Waals surface area contributed by atoms with Gasteiger partial charge in [-0.05, 0) is 39.2 Å². The van der Waals surface area contributed by atoms with Crippen molar-refractivity contribution in [1.29, 1.82) is 0 Å². The van der Waals surface area contributed by atoms with E-state index < -0.39 is 5.60 Å². The van der Waals surface area contributed by atoms with E-state index in [0.717, 1.165) is 19.3 Å². The lowest BCUT2D eigenvalue weighted by molar-refractivity contribution is -0.0301. The molecule has 2 rings (SSSR count). The molecule has 2 N–H and O–H groups in total. The Labute approximate surface area is 101 Å². The van der Waals surface area contributed by atoms with Gasteiger partial charge in [-0.25, -0.2) is 0 Å². The van der Waals surface area contributed by atoms with Gasteiger partial charge in [-0.1, -0.05) is 0 Å². The van der Waals surface area contributed by atoms with Gasteiger partial charge in [0.2, 0.25) is 0 Å². The van der Waals surface area contributed by atoms with E-state index in [-0.39, 0.29) is 11.9 Å². The van der Waals surface area contributed by atoms with Crippen LogP contribution in [-0.2, 0) is 0 Å². The summed E-state index contributed by atoms with van der Waals surface area (Å²) < 4.78 is 1.68. The smallest absolute Gasteiger partial charge is 0.269 e. The second kappa shape index (κ2) is 4.49. The van der Waals surface area contributed by atoms with E-state index >= 15 is 0 Å². The van der Waals surface area contributed by atoms with E-state index in [0.29, 0.717) is 12.2 Å². The summed E-state index contributed by atoms with van der Waals surface area (Å²) in [5, 5.41) is 16.8. The molecule has 17 heavy (non-hydrogen) atoms. The first-order valence-electron chi connectivity index (χ1n) is 6.06. The lowest BCUT2D eigenvalue weighted by Gasteiger charge is -2.36. The predicted molar refractivity (Wildman–Crippen MR) is 63.7 cm³/mol. The summed E-state index contributed by atoms with van der Waals surface area (Å²) in [6, 6.07) is 1.85. The van der Waals surface area contributed by atoms with Gasteiger partial charge in [-0.3, -0.25) is 9.48 Å². The number of nitrogens with one attached hydrogen (secondary N) is 1. The quantitative estimate of drug-likeness (QED) is 0.824. The molecule has 0 bridgehead atoms. The van der Waals surface area contributed by atoms with Crippen molar-refractivity contribution >= 4 is 5.91 Å². The first kappa shape index (κ1) is 12.1. The standard InChI is InChI=1S/C12H19N3O2/c1-9(2)15-10(4-7-14-15)11(16)13-8-12(17)5-3-6-12/h4,7,9,17H,3,5-6,8H2,1-2H3,(H,13,16). The molecule has 1 aliphatic rings. The molecule has 1 amide bonds. The maximum absolute atomic E-state index is 11.9. The molecule has 1 fully saturated rings. The van der Waals surface area contributed by atoms with Crippen LogP contribution in [0, 0.1) is 0 Å². The summed E-state index contributed by atoms with van der Waals surface area (Å²) in [5.74, 6) is -0.170. The van der Waals surface area contributed by atoms with Crippen LogP contribution in [0.1, 0.15) is 49.6 Å². The summed E-state index contributed by atoms with van der Waals surface area (Å²) >= 11 is 0. The fraction of sp³-hybridized carbons (Fsp3) is 0.667. The maximum atomic E-state index is 11.9. The Morgan fingerprint density at radius 2 is 2.35 bits per heavy atom. The van der Waals surface area contributed by atoms with Gasteiger partial charge >= 0.3 is 0 Å². The average Bonchev–Trinajstić information content (AvgIpc) is 2.72. The molecule has 0 aromatic carbocycles. The third-order valence-corrected chi connectivity index (χ3v) is 3.25. The Balaban J connectivity index is 1.97. The zero-order valence-corrected chi connectivity index (χ0v) is 10.3. The normalized spacial score (nSPS) is 17.9. The maximum Gasteiger partial charge on any atom is 0.269 e. The molecule has 5 heteroatoms. The molecular weight excluding hydrogens is 218 g/mol. The molecule has 94 valence electrons. The van der Waals surface area contributed by atoms with Crippen molar-refractivity contribution in [1.82, 2.24) is 15.1 Å². The van der Waals surface area contributed by atoms with Crippen molar-refractivity contribution in [3.8, 4) is 0 Å². The van der Waals surface area contributed by atoms with Crippen molar-refractivity contribution in [3.05, 3.63) is 18.0 Å². The Bertz CT molecular complexity index is 408. The van der Waals surface area contributed by atoms with Crippen molar-refractivity contribution in [2.24, 2.45) is 0 Å². The molecule has 0 atom stereocenters. The monoisotopic (exact) mass is 237 g/mol. The molecule has 0 unspecified atom stereocenters. The van der Waals surface area contributed by atoms with E-state index in [1.54, 1.807) is 16.9 Å². The highest BCUT2D eigenvalue weighted by atomic mass is 16.3. The number of rotatable bonds is 4. The number of nitrogens with zero attached hydrogens (tertiary/aromatic N) is 2. The van der Waals surface area contributed by atoms with Crippen LogP contribution in [0.2, 0.25) is 0 Å². The van der Waals surface area contributed by atoms with Crippen LogP contribution in [0.25, 0.3) is 0 Å². The van der Waals surface area contributed by atoms with E-state index in [1.165, 1.54) is 0 Å². The van der Waals surface area contributed by atoms with Crippen LogP contribution in [0.4, 0.5) is 0 Å². The molecule has 0 radical (unpaired) electrons. The minimum Gasteiger partial charge on any atom is -0.388 e. The largest absolute Gasteiger partial charge is 0.388 e. The van der Waals surface area contributed by atoms with Gasteiger partial charge in [0.25, 0.3) is 5.91 Å². The van der Waals surface area contributed by atoms with Crippen LogP contribution >= 0.6 is 0 Å². The van der Waals surface area contributed by atoms with Gasteiger partial charge in [-0.15, -0.1) is 0 Å². The molecular formula is C12H19N3O2. The van der Waals surface area contributed by atoms with Crippen LogP contribution in [-0.4, -0.2) is 32.9 Å². The first-order valence-corrected chi connectivity index (χ1v) is 6.06. The summed E-state index contributed by atoms with van der Waals surface area (Å²) in [6.45, 7) is 4.28. The van der Waals surface area contributed by atoms with Crippen molar-refractivity contribution in [2.45, 2.75) is 44.8 Å². The number of carbonyl (C=O) groups excluding carboxylic acids is 1.